The van der Waals surface area contributed by atoms with E-state index in [1.807, 2.05) is 85.8 Å². The standard InChI is InChI=1S/C28H24BrN3O2S/c1-19-10-12-23(13-11-19)32-27(34)25(17-21-8-5-9-22(29)16-21)35-28(32)24(18-30)26(33)31-15-14-20-6-3-2-4-7-20/h2-13,16,25H,14-15,17H2,1H3,(H,31,33)/b28-24+/t25-/m0/s1. The first-order chi connectivity index (χ1) is 17.0. The zero-order valence-electron chi connectivity index (χ0n) is 19.2. The fourth-order valence-corrected chi connectivity index (χ4v) is 5.60. The summed E-state index contributed by atoms with van der Waals surface area (Å²) in [5.41, 5.74) is 3.75. The van der Waals surface area contributed by atoms with Gasteiger partial charge >= 0.3 is 0 Å². The molecular formula is C28H24BrN3O2S. The van der Waals surface area contributed by atoms with Crippen molar-refractivity contribution in [1.29, 1.82) is 5.26 Å². The Hall–Kier alpha value is -3.34. The number of nitriles is 1. The van der Waals surface area contributed by atoms with E-state index in [1.165, 1.54) is 16.7 Å². The minimum Gasteiger partial charge on any atom is -0.351 e. The van der Waals surface area contributed by atoms with Gasteiger partial charge in [0.2, 0.25) is 5.91 Å². The number of amides is 2. The summed E-state index contributed by atoms with van der Waals surface area (Å²) < 4.78 is 0.937. The number of hydrogen-bond donors (Lipinski definition) is 1. The van der Waals surface area contributed by atoms with Crippen LogP contribution in [0.3, 0.4) is 0 Å². The molecule has 0 unspecified atom stereocenters. The first-order valence-electron chi connectivity index (χ1n) is 11.2. The van der Waals surface area contributed by atoms with Gasteiger partial charge in [-0.3, -0.25) is 14.5 Å². The van der Waals surface area contributed by atoms with Gasteiger partial charge in [0.15, 0.2) is 0 Å². The van der Waals surface area contributed by atoms with E-state index >= 15 is 0 Å². The summed E-state index contributed by atoms with van der Waals surface area (Å²) in [6, 6.07) is 27.2. The quantitative estimate of drug-likeness (QED) is 0.312. The fraction of sp³-hybridized carbons (Fsp3) is 0.179. The molecule has 0 aromatic heterocycles. The van der Waals surface area contributed by atoms with Crippen LogP contribution in [0.2, 0.25) is 0 Å². The van der Waals surface area contributed by atoms with E-state index in [-0.39, 0.29) is 11.5 Å². The molecule has 0 saturated carbocycles. The van der Waals surface area contributed by atoms with Crippen LogP contribution in [0.1, 0.15) is 16.7 Å². The maximum Gasteiger partial charge on any atom is 0.264 e. The molecule has 1 atom stereocenters. The molecule has 5 nitrogen and oxygen atoms in total. The van der Waals surface area contributed by atoms with Crippen molar-refractivity contribution in [3.05, 3.63) is 111 Å². The van der Waals surface area contributed by atoms with Crippen molar-refractivity contribution in [2.45, 2.75) is 25.0 Å². The zero-order chi connectivity index (χ0) is 24.8. The summed E-state index contributed by atoms with van der Waals surface area (Å²) in [6.07, 6.45) is 1.14. The number of halogens is 1. The third-order valence-corrected chi connectivity index (χ3v) is 7.41. The Morgan fingerprint density at radius 1 is 1.06 bits per heavy atom. The molecule has 7 heteroatoms. The van der Waals surface area contributed by atoms with Crippen LogP contribution in [0.25, 0.3) is 0 Å². The molecule has 4 rings (SSSR count). The Morgan fingerprint density at radius 3 is 2.46 bits per heavy atom. The maximum atomic E-state index is 13.6. The van der Waals surface area contributed by atoms with Gasteiger partial charge in [-0.15, -0.1) is 0 Å². The summed E-state index contributed by atoms with van der Waals surface area (Å²) in [5, 5.41) is 12.7. The average Bonchev–Trinajstić information content (AvgIpc) is 3.16. The van der Waals surface area contributed by atoms with Gasteiger partial charge in [0, 0.05) is 16.7 Å². The van der Waals surface area contributed by atoms with Crippen molar-refractivity contribution >= 4 is 45.2 Å². The van der Waals surface area contributed by atoms with Crippen molar-refractivity contribution in [3.8, 4) is 6.07 Å². The largest absolute Gasteiger partial charge is 0.351 e. The van der Waals surface area contributed by atoms with Crippen LogP contribution in [0.4, 0.5) is 5.69 Å². The number of thioether (sulfide) groups is 1. The molecule has 3 aromatic rings. The number of hydrogen-bond acceptors (Lipinski definition) is 4. The lowest BCUT2D eigenvalue weighted by atomic mass is 10.1. The van der Waals surface area contributed by atoms with E-state index in [0.29, 0.717) is 30.1 Å². The van der Waals surface area contributed by atoms with Crippen LogP contribution < -0.4 is 10.2 Å². The van der Waals surface area contributed by atoms with Crippen LogP contribution in [-0.2, 0) is 22.4 Å². The van der Waals surface area contributed by atoms with Gasteiger partial charge in [-0.2, -0.15) is 5.26 Å². The van der Waals surface area contributed by atoms with Gasteiger partial charge in [-0.1, -0.05) is 87.9 Å². The first kappa shape index (κ1) is 24.8. The van der Waals surface area contributed by atoms with Crippen LogP contribution >= 0.6 is 27.7 Å². The van der Waals surface area contributed by atoms with E-state index in [0.717, 1.165) is 21.2 Å². The molecular weight excluding hydrogens is 522 g/mol. The molecule has 1 saturated heterocycles. The Kier molecular flexibility index (Phi) is 8.06. The number of aryl methyl sites for hydroxylation is 1. The molecule has 1 heterocycles. The number of carbonyl (C=O) groups excluding carboxylic acids is 2. The number of rotatable bonds is 7. The Labute approximate surface area is 218 Å². The average molecular weight is 546 g/mol. The minimum atomic E-state index is -0.473. The summed E-state index contributed by atoms with van der Waals surface area (Å²) in [4.78, 5) is 28.1. The molecule has 0 spiro atoms. The van der Waals surface area contributed by atoms with Crippen LogP contribution in [0.5, 0.6) is 0 Å². The Balaban J connectivity index is 1.62. The van der Waals surface area contributed by atoms with Gasteiger partial charge in [0.05, 0.1) is 5.25 Å². The molecule has 2 amide bonds. The van der Waals surface area contributed by atoms with Gasteiger partial charge in [0.25, 0.3) is 5.91 Å². The van der Waals surface area contributed by atoms with Gasteiger partial charge < -0.3 is 5.32 Å². The summed E-state index contributed by atoms with van der Waals surface area (Å²) >= 11 is 4.76. The lowest BCUT2D eigenvalue weighted by Crippen LogP contribution is -2.32. The minimum absolute atomic E-state index is 0.0475. The van der Waals surface area contributed by atoms with Gasteiger partial charge in [0.1, 0.15) is 16.7 Å². The SMILES string of the molecule is Cc1ccc(N2C(=O)[C@H](Cc3cccc(Br)c3)S/C2=C(\C#N)C(=O)NCCc2ccccc2)cc1. The van der Waals surface area contributed by atoms with Crippen molar-refractivity contribution in [2.75, 3.05) is 11.4 Å². The van der Waals surface area contributed by atoms with E-state index in [4.69, 9.17) is 0 Å². The zero-order valence-corrected chi connectivity index (χ0v) is 21.6. The second-order valence-corrected chi connectivity index (χ2v) is 10.3. The van der Waals surface area contributed by atoms with Gasteiger partial charge in [-0.05, 0) is 55.2 Å². The molecule has 1 fully saturated rings. The highest BCUT2D eigenvalue weighted by Gasteiger charge is 2.40. The van der Waals surface area contributed by atoms with Crippen LogP contribution in [0, 0.1) is 18.3 Å². The molecule has 1 aliphatic rings. The van der Waals surface area contributed by atoms with Crippen molar-refractivity contribution in [1.82, 2.24) is 5.32 Å². The lowest BCUT2D eigenvalue weighted by Gasteiger charge is -2.19. The van der Waals surface area contributed by atoms with Crippen molar-refractivity contribution in [2.24, 2.45) is 0 Å². The second kappa shape index (κ2) is 11.4. The molecule has 176 valence electrons. The van der Waals surface area contributed by atoms with Gasteiger partial charge in [-0.25, -0.2) is 0 Å². The monoisotopic (exact) mass is 545 g/mol. The van der Waals surface area contributed by atoms with Crippen LogP contribution in [0.15, 0.2) is 93.9 Å². The predicted octanol–water partition coefficient (Wildman–Crippen LogP) is 5.54. The number of carbonyl (C=O) groups is 2. The molecule has 3 aromatic carbocycles. The predicted molar refractivity (Wildman–Crippen MR) is 144 cm³/mol. The summed E-state index contributed by atoms with van der Waals surface area (Å²) in [5.74, 6) is -0.613. The molecule has 0 bridgehead atoms. The fourth-order valence-electron chi connectivity index (χ4n) is 3.85. The van der Waals surface area contributed by atoms with Crippen molar-refractivity contribution < 1.29 is 9.59 Å². The topological polar surface area (TPSA) is 73.2 Å². The summed E-state index contributed by atoms with van der Waals surface area (Å²) in [7, 11) is 0. The van der Waals surface area contributed by atoms with E-state index in [9.17, 15) is 14.9 Å². The highest BCUT2D eigenvalue weighted by atomic mass is 79.9. The first-order valence-corrected chi connectivity index (χ1v) is 12.9. The smallest absolute Gasteiger partial charge is 0.264 e. The normalized spacial score (nSPS) is 16.7. The second-order valence-electron chi connectivity index (χ2n) is 8.23. The molecule has 35 heavy (non-hydrogen) atoms. The molecule has 0 aliphatic carbocycles. The van der Waals surface area contributed by atoms with Crippen molar-refractivity contribution in [3.63, 3.8) is 0 Å². The van der Waals surface area contributed by atoms with Crippen LogP contribution in [-0.4, -0.2) is 23.6 Å². The number of benzene rings is 3. The highest BCUT2D eigenvalue weighted by molar-refractivity contribution is 9.10. The third-order valence-electron chi connectivity index (χ3n) is 5.65. The Bertz CT molecular complexity index is 1300. The molecule has 1 aliphatic heterocycles. The number of nitrogens with zero attached hydrogens (tertiary/aromatic N) is 2. The maximum absolute atomic E-state index is 13.6. The van der Waals surface area contributed by atoms with E-state index in [2.05, 4.69) is 27.3 Å². The lowest BCUT2D eigenvalue weighted by molar-refractivity contribution is -0.117. The summed E-state index contributed by atoms with van der Waals surface area (Å²) in [6.45, 7) is 2.37. The Morgan fingerprint density at radius 2 is 1.77 bits per heavy atom. The van der Waals surface area contributed by atoms with E-state index < -0.39 is 11.2 Å². The molecule has 0 radical (unpaired) electrons. The third kappa shape index (κ3) is 6.02. The highest BCUT2D eigenvalue weighted by Crippen LogP contribution is 2.42. The van der Waals surface area contributed by atoms with E-state index in [1.54, 1.807) is 0 Å². The molecule has 1 N–H and O–H groups in total. The number of anilines is 1. The number of nitrogens with one attached hydrogen (secondary N) is 1.